The van der Waals surface area contributed by atoms with Gasteiger partial charge in [-0.25, -0.2) is 9.97 Å². The first-order valence-electron chi connectivity index (χ1n) is 6.22. The number of hydrogen-bond acceptors (Lipinski definition) is 4. The second-order valence-corrected chi connectivity index (χ2v) is 4.04. The highest BCUT2D eigenvalue weighted by molar-refractivity contribution is 5.34. The monoisotopic (exact) mass is 246 g/mol. The third-order valence-electron chi connectivity index (χ3n) is 2.62. The summed E-state index contributed by atoms with van der Waals surface area (Å²) in [6.07, 6.45) is 5.57. The van der Waals surface area contributed by atoms with E-state index in [1.807, 2.05) is 30.2 Å². The van der Waals surface area contributed by atoms with Crippen LogP contribution in [0.5, 0.6) is 0 Å². The van der Waals surface area contributed by atoms with Crippen molar-refractivity contribution in [2.45, 2.75) is 20.4 Å². The lowest BCUT2D eigenvalue weighted by Crippen LogP contribution is -2.26. The van der Waals surface area contributed by atoms with Gasteiger partial charge in [0.2, 0.25) is 5.95 Å². The number of nitrogens with one attached hydrogen (secondary N) is 1. The molecule has 18 heavy (non-hydrogen) atoms. The van der Waals surface area contributed by atoms with E-state index in [1.165, 1.54) is 0 Å². The van der Waals surface area contributed by atoms with Crippen molar-refractivity contribution in [3.63, 3.8) is 0 Å². The van der Waals surface area contributed by atoms with Gasteiger partial charge in [-0.1, -0.05) is 19.1 Å². The van der Waals surface area contributed by atoms with Crippen LogP contribution in [0, 0.1) is 6.92 Å². The van der Waals surface area contributed by atoms with E-state index >= 15 is 0 Å². The topological polar surface area (TPSA) is 41.1 Å². The zero-order chi connectivity index (χ0) is 13.4. The molecule has 0 amide bonds. The summed E-state index contributed by atoms with van der Waals surface area (Å²) in [5.74, 6) is 0.729. The van der Waals surface area contributed by atoms with Gasteiger partial charge in [-0.05, 0) is 13.5 Å². The SMILES string of the molecule is C=CCN(CC=C)c1ncc(CNCC)c(C)n1. The summed E-state index contributed by atoms with van der Waals surface area (Å²) in [5, 5.41) is 3.28. The summed E-state index contributed by atoms with van der Waals surface area (Å²) in [7, 11) is 0. The highest BCUT2D eigenvalue weighted by atomic mass is 15.2. The fraction of sp³-hybridized carbons (Fsp3) is 0.429. The van der Waals surface area contributed by atoms with Gasteiger partial charge in [0.25, 0.3) is 0 Å². The maximum absolute atomic E-state index is 4.54. The van der Waals surface area contributed by atoms with Gasteiger partial charge in [0.1, 0.15) is 0 Å². The molecule has 0 saturated heterocycles. The van der Waals surface area contributed by atoms with E-state index in [-0.39, 0.29) is 0 Å². The van der Waals surface area contributed by atoms with Crippen molar-refractivity contribution in [2.24, 2.45) is 0 Å². The normalized spacial score (nSPS) is 10.1. The molecule has 0 fully saturated rings. The minimum absolute atomic E-state index is 0.720. The van der Waals surface area contributed by atoms with Crippen molar-refractivity contribution in [1.29, 1.82) is 0 Å². The lowest BCUT2D eigenvalue weighted by atomic mass is 10.2. The number of rotatable bonds is 8. The molecule has 0 aliphatic rings. The summed E-state index contributed by atoms with van der Waals surface area (Å²) in [5.41, 5.74) is 2.15. The molecule has 0 spiro atoms. The van der Waals surface area contributed by atoms with Crippen molar-refractivity contribution in [3.05, 3.63) is 42.8 Å². The summed E-state index contributed by atoms with van der Waals surface area (Å²) >= 11 is 0. The van der Waals surface area contributed by atoms with Crippen molar-refractivity contribution in [2.75, 3.05) is 24.5 Å². The third-order valence-corrected chi connectivity index (χ3v) is 2.62. The predicted molar refractivity (Wildman–Crippen MR) is 76.8 cm³/mol. The predicted octanol–water partition coefficient (Wildman–Crippen LogP) is 2.07. The highest BCUT2D eigenvalue weighted by Gasteiger charge is 2.08. The van der Waals surface area contributed by atoms with E-state index in [0.717, 1.165) is 43.4 Å². The summed E-state index contributed by atoms with van der Waals surface area (Å²) in [4.78, 5) is 11.0. The molecule has 4 heteroatoms. The van der Waals surface area contributed by atoms with Crippen LogP contribution in [0.2, 0.25) is 0 Å². The Morgan fingerprint density at radius 3 is 2.50 bits per heavy atom. The quantitative estimate of drug-likeness (QED) is 0.713. The molecule has 0 saturated carbocycles. The maximum atomic E-state index is 4.54. The van der Waals surface area contributed by atoms with Crippen molar-refractivity contribution in [3.8, 4) is 0 Å². The van der Waals surface area contributed by atoms with Gasteiger partial charge >= 0.3 is 0 Å². The first kappa shape index (κ1) is 14.4. The zero-order valence-corrected chi connectivity index (χ0v) is 11.3. The van der Waals surface area contributed by atoms with Gasteiger partial charge in [-0.15, -0.1) is 13.2 Å². The third kappa shape index (κ3) is 3.96. The number of hydrogen-bond donors (Lipinski definition) is 1. The number of nitrogens with zero attached hydrogens (tertiary/aromatic N) is 3. The van der Waals surface area contributed by atoms with Crippen LogP contribution in [0.25, 0.3) is 0 Å². The van der Waals surface area contributed by atoms with Gasteiger partial charge in [0.15, 0.2) is 0 Å². The summed E-state index contributed by atoms with van der Waals surface area (Å²) < 4.78 is 0. The maximum Gasteiger partial charge on any atom is 0.226 e. The van der Waals surface area contributed by atoms with Gasteiger partial charge < -0.3 is 10.2 Å². The molecular weight excluding hydrogens is 224 g/mol. The minimum atomic E-state index is 0.720. The minimum Gasteiger partial charge on any atom is -0.333 e. The average molecular weight is 246 g/mol. The molecule has 0 aliphatic heterocycles. The molecule has 1 aromatic rings. The average Bonchev–Trinajstić information content (AvgIpc) is 2.37. The number of aryl methyl sites for hydroxylation is 1. The fourth-order valence-corrected chi connectivity index (χ4v) is 1.61. The Labute approximate surface area is 109 Å². The number of aromatic nitrogens is 2. The van der Waals surface area contributed by atoms with E-state index < -0.39 is 0 Å². The molecule has 0 aliphatic carbocycles. The van der Waals surface area contributed by atoms with E-state index in [1.54, 1.807) is 0 Å². The van der Waals surface area contributed by atoms with Crippen molar-refractivity contribution < 1.29 is 0 Å². The summed E-state index contributed by atoms with van der Waals surface area (Å²) in [6.45, 7) is 14.8. The molecule has 1 rings (SSSR count). The molecule has 1 aromatic heterocycles. The van der Waals surface area contributed by atoms with E-state index in [0.29, 0.717) is 0 Å². The Kier molecular flexibility index (Phi) is 6.08. The van der Waals surface area contributed by atoms with Gasteiger partial charge in [0, 0.05) is 37.1 Å². The van der Waals surface area contributed by atoms with Gasteiger partial charge in [-0.3, -0.25) is 0 Å². The molecule has 4 nitrogen and oxygen atoms in total. The van der Waals surface area contributed by atoms with Crippen molar-refractivity contribution in [1.82, 2.24) is 15.3 Å². The summed E-state index contributed by atoms with van der Waals surface area (Å²) in [6, 6.07) is 0. The Balaban J connectivity index is 2.86. The standard InChI is InChI=1S/C14H22N4/c1-5-8-18(9-6-2)14-16-11-13(10-15-7-3)12(4)17-14/h5-6,11,15H,1-2,7-10H2,3-4H3. The molecule has 0 atom stereocenters. The largest absolute Gasteiger partial charge is 0.333 e. The second kappa shape index (κ2) is 7.61. The molecule has 0 radical (unpaired) electrons. The zero-order valence-electron chi connectivity index (χ0n) is 11.3. The van der Waals surface area contributed by atoms with Gasteiger partial charge in [-0.2, -0.15) is 0 Å². The second-order valence-electron chi connectivity index (χ2n) is 4.04. The molecule has 1 heterocycles. The highest BCUT2D eigenvalue weighted by Crippen LogP contribution is 2.11. The van der Waals surface area contributed by atoms with Crippen LogP contribution in [0.3, 0.4) is 0 Å². The molecular formula is C14H22N4. The Hall–Kier alpha value is -1.68. The van der Waals surface area contributed by atoms with Crippen LogP contribution >= 0.6 is 0 Å². The Morgan fingerprint density at radius 1 is 1.33 bits per heavy atom. The van der Waals surface area contributed by atoms with E-state index in [9.17, 15) is 0 Å². The first-order chi connectivity index (χ1) is 8.72. The fourth-order valence-electron chi connectivity index (χ4n) is 1.61. The van der Waals surface area contributed by atoms with Crippen LogP contribution in [-0.4, -0.2) is 29.6 Å². The van der Waals surface area contributed by atoms with Gasteiger partial charge in [0.05, 0.1) is 0 Å². The van der Waals surface area contributed by atoms with Crippen LogP contribution < -0.4 is 10.2 Å². The van der Waals surface area contributed by atoms with Crippen molar-refractivity contribution >= 4 is 5.95 Å². The van der Waals surface area contributed by atoms with Crippen LogP contribution in [0.15, 0.2) is 31.5 Å². The van der Waals surface area contributed by atoms with Crippen LogP contribution in [0.1, 0.15) is 18.2 Å². The Bertz CT molecular complexity index is 391. The lowest BCUT2D eigenvalue weighted by Gasteiger charge is -2.20. The smallest absolute Gasteiger partial charge is 0.226 e. The van der Waals surface area contributed by atoms with E-state index in [2.05, 4.69) is 35.4 Å². The molecule has 0 bridgehead atoms. The Morgan fingerprint density at radius 2 is 2.00 bits per heavy atom. The molecule has 98 valence electrons. The lowest BCUT2D eigenvalue weighted by molar-refractivity contribution is 0.714. The number of anilines is 1. The molecule has 0 aromatic carbocycles. The molecule has 1 N–H and O–H groups in total. The first-order valence-corrected chi connectivity index (χ1v) is 6.22. The molecule has 0 unspecified atom stereocenters. The van der Waals surface area contributed by atoms with Crippen LogP contribution in [0.4, 0.5) is 5.95 Å². The van der Waals surface area contributed by atoms with E-state index in [4.69, 9.17) is 0 Å². The van der Waals surface area contributed by atoms with Crippen LogP contribution in [-0.2, 0) is 6.54 Å².